The molecule has 1 aliphatic carbocycles. The van der Waals surface area contributed by atoms with E-state index in [9.17, 15) is 4.79 Å². The minimum absolute atomic E-state index is 0.174. The molecule has 1 heterocycles. The average molecular weight is 259 g/mol. The first-order valence-electron chi connectivity index (χ1n) is 6.16. The lowest BCUT2D eigenvalue weighted by atomic mass is 10.1. The fraction of sp³-hybridized carbons (Fsp3) is 0.286. The topological polar surface area (TPSA) is 72.6 Å². The number of rotatable bonds is 5. The van der Waals surface area contributed by atoms with Crippen molar-refractivity contribution in [2.75, 3.05) is 6.61 Å². The van der Waals surface area contributed by atoms with Crippen LogP contribution < -0.4 is 4.74 Å². The average Bonchev–Trinajstić information content (AvgIpc) is 3.11. The number of benzene rings is 1. The summed E-state index contributed by atoms with van der Waals surface area (Å²) in [5.74, 6) is 0.0571. The molecule has 1 fully saturated rings. The number of para-hydroxylation sites is 1. The second kappa shape index (κ2) is 4.76. The molecule has 5 heteroatoms. The molecule has 19 heavy (non-hydrogen) atoms. The predicted octanol–water partition coefficient (Wildman–Crippen LogP) is 2.83. The van der Waals surface area contributed by atoms with Gasteiger partial charge >= 0.3 is 5.97 Å². The maximum Gasteiger partial charge on any atom is 0.374 e. The van der Waals surface area contributed by atoms with E-state index in [4.69, 9.17) is 14.4 Å². The van der Waals surface area contributed by atoms with Gasteiger partial charge in [-0.15, -0.1) is 0 Å². The summed E-state index contributed by atoms with van der Waals surface area (Å²) in [6.45, 7) is 0.695. The Hall–Kier alpha value is -2.30. The molecule has 0 bridgehead atoms. The maximum absolute atomic E-state index is 10.8. The Morgan fingerprint density at radius 3 is 2.89 bits per heavy atom. The molecule has 2 aromatic rings. The van der Waals surface area contributed by atoms with Crippen LogP contribution in [0.2, 0.25) is 0 Å². The number of carboxylic acid groups (broad SMARTS) is 1. The van der Waals surface area contributed by atoms with Crippen LogP contribution in [0.25, 0.3) is 11.3 Å². The van der Waals surface area contributed by atoms with Gasteiger partial charge in [0, 0.05) is 11.6 Å². The highest BCUT2D eigenvalue weighted by molar-refractivity contribution is 5.86. The second-order valence-electron chi connectivity index (χ2n) is 4.63. The van der Waals surface area contributed by atoms with Gasteiger partial charge in [0.05, 0.1) is 6.61 Å². The summed E-state index contributed by atoms with van der Waals surface area (Å²) < 4.78 is 10.5. The summed E-state index contributed by atoms with van der Waals surface area (Å²) in [4.78, 5) is 10.8. The van der Waals surface area contributed by atoms with Crippen molar-refractivity contribution in [1.82, 2.24) is 5.16 Å². The molecule has 0 aliphatic heterocycles. The molecule has 1 saturated carbocycles. The van der Waals surface area contributed by atoms with E-state index in [1.807, 2.05) is 24.3 Å². The highest BCUT2D eigenvalue weighted by Gasteiger charge is 2.23. The summed E-state index contributed by atoms with van der Waals surface area (Å²) >= 11 is 0. The summed E-state index contributed by atoms with van der Waals surface area (Å²) in [7, 11) is 0. The number of nitrogens with zero attached hydrogens (tertiary/aromatic N) is 1. The van der Waals surface area contributed by atoms with Gasteiger partial charge in [-0.1, -0.05) is 17.3 Å². The fourth-order valence-corrected chi connectivity index (χ4v) is 1.80. The lowest BCUT2D eigenvalue weighted by Gasteiger charge is -2.08. The number of aromatic nitrogens is 1. The molecular weight excluding hydrogens is 246 g/mol. The summed E-state index contributed by atoms with van der Waals surface area (Å²) in [5, 5.41) is 12.6. The van der Waals surface area contributed by atoms with Crippen molar-refractivity contribution in [2.45, 2.75) is 12.8 Å². The Kier molecular flexibility index (Phi) is 2.95. The lowest BCUT2D eigenvalue weighted by Crippen LogP contribution is -2.00. The van der Waals surface area contributed by atoms with E-state index in [1.54, 1.807) is 0 Å². The van der Waals surface area contributed by atoms with Gasteiger partial charge in [-0.2, -0.15) is 0 Å². The first-order chi connectivity index (χ1) is 9.24. The van der Waals surface area contributed by atoms with Crippen LogP contribution in [0.1, 0.15) is 23.4 Å². The minimum Gasteiger partial charge on any atom is -0.493 e. The highest BCUT2D eigenvalue weighted by Crippen LogP contribution is 2.33. The van der Waals surface area contributed by atoms with Gasteiger partial charge in [0.1, 0.15) is 11.4 Å². The molecule has 0 saturated heterocycles. The van der Waals surface area contributed by atoms with Crippen LogP contribution in [0, 0.1) is 5.92 Å². The molecule has 3 rings (SSSR count). The SMILES string of the molecule is O=C(O)c1cc(-c2ccccc2OCC2CC2)no1. The summed E-state index contributed by atoms with van der Waals surface area (Å²) in [5.41, 5.74) is 1.23. The molecule has 5 nitrogen and oxygen atoms in total. The summed E-state index contributed by atoms with van der Waals surface area (Å²) in [6.07, 6.45) is 2.44. The molecule has 98 valence electrons. The Balaban J connectivity index is 1.86. The van der Waals surface area contributed by atoms with Gasteiger partial charge in [-0.3, -0.25) is 0 Å². The molecule has 0 radical (unpaired) electrons. The number of hydrogen-bond donors (Lipinski definition) is 1. The van der Waals surface area contributed by atoms with E-state index in [0.29, 0.717) is 24.0 Å². The van der Waals surface area contributed by atoms with Crippen molar-refractivity contribution in [3.63, 3.8) is 0 Å². The van der Waals surface area contributed by atoms with Crippen LogP contribution in [0.15, 0.2) is 34.9 Å². The van der Waals surface area contributed by atoms with Crippen molar-refractivity contribution in [3.05, 3.63) is 36.1 Å². The summed E-state index contributed by atoms with van der Waals surface area (Å²) in [6, 6.07) is 8.83. The number of hydrogen-bond acceptors (Lipinski definition) is 4. The van der Waals surface area contributed by atoms with E-state index in [0.717, 1.165) is 5.56 Å². The van der Waals surface area contributed by atoms with Crippen LogP contribution in [0.3, 0.4) is 0 Å². The minimum atomic E-state index is -1.13. The van der Waals surface area contributed by atoms with Crippen LogP contribution in [0.4, 0.5) is 0 Å². The molecule has 0 atom stereocenters. The molecule has 1 aliphatic rings. The van der Waals surface area contributed by atoms with Crippen LogP contribution in [-0.4, -0.2) is 22.8 Å². The Bertz CT molecular complexity index is 601. The van der Waals surface area contributed by atoms with Gasteiger partial charge < -0.3 is 14.4 Å². The van der Waals surface area contributed by atoms with E-state index in [2.05, 4.69) is 5.16 Å². The van der Waals surface area contributed by atoms with Gasteiger partial charge in [0.2, 0.25) is 5.76 Å². The molecular formula is C14H13NO4. The zero-order chi connectivity index (χ0) is 13.2. The first-order valence-corrected chi connectivity index (χ1v) is 6.16. The third kappa shape index (κ3) is 2.59. The molecule has 1 aromatic carbocycles. The lowest BCUT2D eigenvalue weighted by molar-refractivity contribution is 0.0652. The standard InChI is InChI=1S/C14H13NO4/c16-14(17)13-7-11(15-19-13)10-3-1-2-4-12(10)18-8-9-5-6-9/h1-4,7,9H,5-6,8H2,(H,16,17). The van der Waals surface area contributed by atoms with Gasteiger partial charge in [0.25, 0.3) is 0 Å². The predicted molar refractivity (Wildman–Crippen MR) is 67.1 cm³/mol. The van der Waals surface area contributed by atoms with Crippen LogP contribution in [-0.2, 0) is 0 Å². The molecule has 0 unspecified atom stereocenters. The number of carboxylic acids is 1. The molecule has 0 spiro atoms. The van der Waals surface area contributed by atoms with E-state index in [1.165, 1.54) is 18.9 Å². The third-order valence-corrected chi connectivity index (χ3v) is 3.06. The maximum atomic E-state index is 10.8. The second-order valence-corrected chi connectivity index (χ2v) is 4.63. The zero-order valence-electron chi connectivity index (χ0n) is 10.2. The molecule has 0 amide bonds. The third-order valence-electron chi connectivity index (χ3n) is 3.06. The van der Waals surface area contributed by atoms with Gasteiger partial charge in [-0.05, 0) is 30.9 Å². The zero-order valence-corrected chi connectivity index (χ0v) is 10.2. The number of ether oxygens (including phenoxy) is 1. The Morgan fingerprint density at radius 1 is 1.42 bits per heavy atom. The van der Waals surface area contributed by atoms with Crippen molar-refractivity contribution < 1.29 is 19.2 Å². The Labute approximate surface area is 109 Å². The number of aromatic carboxylic acids is 1. The molecule has 1 aromatic heterocycles. The van der Waals surface area contributed by atoms with E-state index >= 15 is 0 Å². The van der Waals surface area contributed by atoms with Crippen molar-refractivity contribution >= 4 is 5.97 Å². The van der Waals surface area contributed by atoms with Crippen LogP contribution in [0.5, 0.6) is 5.75 Å². The quantitative estimate of drug-likeness (QED) is 0.893. The number of carbonyl (C=O) groups is 1. The fourth-order valence-electron chi connectivity index (χ4n) is 1.80. The smallest absolute Gasteiger partial charge is 0.374 e. The van der Waals surface area contributed by atoms with Crippen molar-refractivity contribution in [3.8, 4) is 17.0 Å². The monoisotopic (exact) mass is 259 g/mol. The first kappa shape index (κ1) is 11.8. The van der Waals surface area contributed by atoms with Gasteiger partial charge in [-0.25, -0.2) is 4.79 Å². The highest BCUT2D eigenvalue weighted by atomic mass is 16.5. The van der Waals surface area contributed by atoms with Crippen molar-refractivity contribution in [1.29, 1.82) is 0 Å². The normalized spacial score (nSPS) is 14.3. The van der Waals surface area contributed by atoms with Gasteiger partial charge in [0.15, 0.2) is 0 Å². The van der Waals surface area contributed by atoms with E-state index < -0.39 is 5.97 Å². The van der Waals surface area contributed by atoms with E-state index in [-0.39, 0.29) is 5.76 Å². The molecule has 1 N–H and O–H groups in total. The largest absolute Gasteiger partial charge is 0.493 e. The van der Waals surface area contributed by atoms with Crippen molar-refractivity contribution in [2.24, 2.45) is 5.92 Å². The van der Waals surface area contributed by atoms with Crippen LogP contribution >= 0.6 is 0 Å². The Morgan fingerprint density at radius 2 is 2.21 bits per heavy atom.